The molecule has 0 spiro atoms. The Morgan fingerprint density at radius 1 is 0.926 bits per heavy atom. The second-order valence-corrected chi connectivity index (χ2v) is 10.5. The first-order chi connectivity index (χ1) is 13.0. The number of benzene rings is 1. The summed E-state index contributed by atoms with van der Waals surface area (Å²) in [5.74, 6) is 3.63. The van der Waals surface area contributed by atoms with Gasteiger partial charge < -0.3 is 0 Å². The third kappa shape index (κ3) is 2.60. The fraction of sp³-hybridized carbons (Fsp3) is 0.654. The third-order valence-corrected chi connectivity index (χ3v) is 9.36. The highest BCUT2D eigenvalue weighted by molar-refractivity contribution is 6.05. The molecule has 0 amide bonds. The number of Topliss-reactive ketones (excluding diaryl/α,β-unsaturated/α-hetero) is 1. The van der Waals surface area contributed by atoms with E-state index in [1.807, 2.05) is 6.07 Å². The van der Waals surface area contributed by atoms with Crippen LogP contribution in [0, 0.1) is 34.5 Å². The van der Waals surface area contributed by atoms with Gasteiger partial charge in [0.2, 0.25) is 0 Å². The second-order valence-electron chi connectivity index (χ2n) is 10.5. The Labute approximate surface area is 164 Å². The minimum atomic E-state index is -0.0976. The summed E-state index contributed by atoms with van der Waals surface area (Å²) in [4.78, 5) is 13.4. The summed E-state index contributed by atoms with van der Waals surface area (Å²) in [5.41, 5.74) is 2.74. The molecule has 4 aliphatic carbocycles. The number of hydrogen-bond acceptors (Lipinski definition) is 1. The monoisotopic (exact) mass is 362 g/mol. The SMILES string of the molecule is C[C@]12CCCC[C@@H]1CC[C@@H]1[C@@H]2CC[C@]2(C)C(=O)/C(=C\c3ccccc3)C[C@@H]12. The molecule has 0 unspecified atom stereocenters. The molecule has 27 heavy (non-hydrogen) atoms. The predicted octanol–water partition coefficient (Wildman–Crippen LogP) is 6.68. The van der Waals surface area contributed by atoms with Gasteiger partial charge in [-0.2, -0.15) is 0 Å². The first-order valence-electron chi connectivity index (χ1n) is 11.3. The topological polar surface area (TPSA) is 17.1 Å². The largest absolute Gasteiger partial charge is 0.294 e. The highest BCUT2D eigenvalue weighted by Crippen LogP contribution is 2.66. The van der Waals surface area contributed by atoms with E-state index in [1.54, 1.807) is 0 Å². The van der Waals surface area contributed by atoms with Gasteiger partial charge in [-0.1, -0.05) is 57.0 Å². The smallest absolute Gasteiger partial charge is 0.165 e. The number of carbonyl (C=O) groups excluding carboxylic acids is 1. The number of carbonyl (C=O) groups is 1. The van der Waals surface area contributed by atoms with Crippen molar-refractivity contribution in [3.8, 4) is 0 Å². The number of ketones is 1. The van der Waals surface area contributed by atoms with Crippen LogP contribution in [0.15, 0.2) is 35.9 Å². The van der Waals surface area contributed by atoms with E-state index in [4.69, 9.17) is 0 Å². The van der Waals surface area contributed by atoms with Crippen molar-refractivity contribution in [2.75, 3.05) is 0 Å². The minimum Gasteiger partial charge on any atom is -0.294 e. The van der Waals surface area contributed by atoms with E-state index in [2.05, 4.69) is 44.2 Å². The highest BCUT2D eigenvalue weighted by Gasteiger charge is 2.60. The van der Waals surface area contributed by atoms with Gasteiger partial charge in [-0.15, -0.1) is 0 Å². The zero-order valence-corrected chi connectivity index (χ0v) is 17.0. The van der Waals surface area contributed by atoms with Gasteiger partial charge in [0, 0.05) is 5.41 Å². The van der Waals surface area contributed by atoms with Gasteiger partial charge in [0.1, 0.15) is 0 Å². The Morgan fingerprint density at radius 3 is 2.56 bits per heavy atom. The van der Waals surface area contributed by atoms with Gasteiger partial charge >= 0.3 is 0 Å². The van der Waals surface area contributed by atoms with Gasteiger partial charge in [0.15, 0.2) is 5.78 Å². The molecule has 4 saturated carbocycles. The van der Waals surface area contributed by atoms with Crippen LogP contribution in [0.5, 0.6) is 0 Å². The van der Waals surface area contributed by atoms with Gasteiger partial charge in [0.05, 0.1) is 0 Å². The van der Waals surface area contributed by atoms with Crippen LogP contribution >= 0.6 is 0 Å². The number of hydrogen-bond donors (Lipinski definition) is 0. The summed E-state index contributed by atoms with van der Waals surface area (Å²) >= 11 is 0. The first kappa shape index (κ1) is 17.7. The molecule has 0 aliphatic heterocycles. The highest BCUT2D eigenvalue weighted by atomic mass is 16.1. The fourth-order valence-corrected chi connectivity index (χ4v) is 7.85. The molecule has 0 heterocycles. The molecular formula is C26H34O. The van der Waals surface area contributed by atoms with E-state index in [1.165, 1.54) is 50.5 Å². The Hall–Kier alpha value is -1.37. The van der Waals surface area contributed by atoms with Crippen molar-refractivity contribution in [1.82, 2.24) is 0 Å². The zero-order valence-electron chi connectivity index (χ0n) is 17.0. The molecule has 1 aromatic rings. The molecule has 144 valence electrons. The van der Waals surface area contributed by atoms with Gasteiger partial charge in [0.25, 0.3) is 0 Å². The molecule has 6 atom stereocenters. The number of rotatable bonds is 1. The summed E-state index contributed by atoms with van der Waals surface area (Å²) < 4.78 is 0. The zero-order chi connectivity index (χ0) is 18.6. The summed E-state index contributed by atoms with van der Waals surface area (Å²) in [7, 11) is 0. The van der Waals surface area contributed by atoms with E-state index in [0.717, 1.165) is 36.2 Å². The second kappa shape index (κ2) is 6.33. The maximum absolute atomic E-state index is 13.4. The van der Waals surface area contributed by atoms with E-state index >= 15 is 0 Å². The Kier molecular flexibility index (Phi) is 4.15. The lowest BCUT2D eigenvalue weighted by Crippen LogP contribution is -2.52. The predicted molar refractivity (Wildman–Crippen MR) is 111 cm³/mol. The molecule has 4 aliphatic rings. The van der Waals surface area contributed by atoms with Gasteiger partial charge in [-0.05, 0) is 91.2 Å². The van der Waals surface area contributed by atoms with Crippen molar-refractivity contribution in [2.24, 2.45) is 34.5 Å². The summed E-state index contributed by atoms with van der Waals surface area (Å²) in [5, 5.41) is 0. The van der Waals surface area contributed by atoms with Crippen LogP contribution in [0.2, 0.25) is 0 Å². The number of allylic oxidation sites excluding steroid dienone is 1. The van der Waals surface area contributed by atoms with Gasteiger partial charge in [-0.25, -0.2) is 0 Å². The van der Waals surface area contributed by atoms with Crippen molar-refractivity contribution in [3.63, 3.8) is 0 Å². The maximum Gasteiger partial charge on any atom is 0.165 e. The van der Waals surface area contributed by atoms with E-state index in [9.17, 15) is 4.79 Å². The van der Waals surface area contributed by atoms with Crippen LogP contribution in [0.25, 0.3) is 6.08 Å². The standard InChI is InChI=1S/C26H34O/c1-25-14-7-6-10-20(25)11-12-21-22(25)13-15-26(2)23(21)17-19(24(26)27)16-18-8-4-3-5-9-18/h3-5,8-9,16,20-23H,6-7,10-15,17H2,1-2H3/b19-16-/t20-,21-,22+,23+,25+,26+/m1/s1. The molecule has 0 saturated heterocycles. The Morgan fingerprint density at radius 2 is 1.74 bits per heavy atom. The van der Waals surface area contributed by atoms with Crippen molar-refractivity contribution in [1.29, 1.82) is 0 Å². The van der Waals surface area contributed by atoms with Crippen LogP contribution in [0.3, 0.4) is 0 Å². The third-order valence-electron chi connectivity index (χ3n) is 9.36. The summed E-state index contributed by atoms with van der Waals surface area (Å²) in [6.07, 6.45) is 14.2. The van der Waals surface area contributed by atoms with Crippen molar-refractivity contribution >= 4 is 11.9 Å². The van der Waals surface area contributed by atoms with Crippen molar-refractivity contribution in [2.45, 2.75) is 71.6 Å². The molecule has 0 N–H and O–H groups in total. The lowest BCUT2D eigenvalue weighted by molar-refractivity contribution is -0.137. The van der Waals surface area contributed by atoms with Gasteiger partial charge in [-0.3, -0.25) is 4.79 Å². The van der Waals surface area contributed by atoms with Crippen LogP contribution in [-0.2, 0) is 4.79 Å². The molecule has 0 bridgehead atoms. The number of fused-ring (bicyclic) bond motifs is 5. The van der Waals surface area contributed by atoms with Crippen molar-refractivity contribution in [3.05, 3.63) is 41.5 Å². The average Bonchev–Trinajstić information content (AvgIpc) is 2.93. The summed E-state index contributed by atoms with van der Waals surface area (Å²) in [6.45, 7) is 4.92. The van der Waals surface area contributed by atoms with E-state index in [-0.39, 0.29) is 5.41 Å². The molecular weight excluding hydrogens is 328 g/mol. The quantitative estimate of drug-likeness (QED) is 0.509. The van der Waals surface area contributed by atoms with Crippen molar-refractivity contribution < 1.29 is 4.79 Å². The Balaban J connectivity index is 1.47. The molecule has 0 radical (unpaired) electrons. The maximum atomic E-state index is 13.4. The summed E-state index contributed by atoms with van der Waals surface area (Å²) in [6, 6.07) is 10.4. The average molecular weight is 363 g/mol. The molecule has 0 aromatic heterocycles. The molecule has 1 nitrogen and oxygen atoms in total. The Bertz CT molecular complexity index is 762. The van der Waals surface area contributed by atoms with Crippen LogP contribution in [0.4, 0.5) is 0 Å². The van der Waals surface area contributed by atoms with Crippen LogP contribution in [-0.4, -0.2) is 5.78 Å². The first-order valence-corrected chi connectivity index (χ1v) is 11.3. The van der Waals surface area contributed by atoms with E-state index < -0.39 is 0 Å². The lowest BCUT2D eigenvalue weighted by atomic mass is 9.45. The lowest BCUT2D eigenvalue weighted by Gasteiger charge is -2.59. The fourth-order valence-electron chi connectivity index (χ4n) is 7.85. The normalized spacial score (nSPS) is 45.3. The molecule has 5 rings (SSSR count). The molecule has 4 fully saturated rings. The minimum absolute atomic E-state index is 0.0976. The van der Waals surface area contributed by atoms with E-state index in [0.29, 0.717) is 17.1 Å². The molecule has 1 aromatic carbocycles. The van der Waals surface area contributed by atoms with Crippen LogP contribution < -0.4 is 0 Å². The van der Waals surface area contributed by atoms with Crippen LogP contribution in [0.1, 0.15) is 77.2 Å². The molecule has 1 heteroatoms.